The Morgan fingerprint density at radius 3 is 2.23 bits per heavy atom. The minimum absolute atomic E-state index is 0.148. The topological polar surface area (TPSA) is 69.3 Å². The summed E-state index contributed by atoms with van der Waals surface area (Å²) in [6, 6.07) is 0. The predicted octanol–water partition coefficient (Wildman–Crippen LogP) is 1.81. The van der Waals surface area contributed by atoms with Gasteiger partial charge in [0.25, 0.3) is 0 Å². The van der Waals surface area contributed by atoms with Crippen LogP contribution in [0.5, 0.6) is 0 Å². The zero-order chi connectivity index (χ0) is 15.7. The summed E-state index contributed by atoms with van der Waals surface area (Å²) in [6.45, 7) is 6.66. The van der Waals surface area contributed by atoms with E-state index in [1.54, 1.807) is 4.31 Å². The van der Waals surface area contributed by atoms with Crippen molar-refractivity contribution in [1.29, 1.82) is 0 Å². The molecule has 22 heavy (non-hydrogen) atoms. The Labute approximate surface area is 132 Å². The van der Waals surface area contributed by atoms with E-state index >= 15 is 0 Å². The Morgan fingerprint density at radius 2 is 1.68 bits per heavy atom. The van der Waals surface area contributed by atoms with Crippen LogP contribution in [0.15, 0.2) is 0 Å². The van der Waals surface area contributed by atoms with Gasteiger partial charge in [-0.2, -0.15) is 9.40 Å². The molecular formula is C15H26N4O2S. The molecule has 1 aromatic heterocycles. The maximum Gasteiger partial charge on any atom is 0.217 e. The summed E-state index contributed by atoms with van der Waals surface area (Å²) in [5.74, 6) is 0. The van der Waals surface area contributed by atoms with Crippen LogP contribution in [0.4, 0.5) is 5.69 Å². The molecule has 2 heterocycles. The largest absolute Gasteiger partial charge is 0.366 e. The molecule has 0 spiro atoms. The molecule has 1 N–H and O–H groups in total. The van der Waals surface area contributed by atoms with Gasteiger partial charge in [0.05, 0.1) is 22.3 Å². The van der Waals surface area contributed by atoms with Crippen LogP contribution in [0.25, 0.3) is 0 Å². The molecule has 1 aliphatic heterocycles. The van der Waals surface area contributed by atoms with Crippen LogP contribution in [-0.4, -0.2) is 54.3 Å². The number of hydrogen-bond donors (Lipinski definition) is 1. The molecule has 1 aromatic rings. The summed E-state index contributed by atoms with van der Waals surface area (Å²) in [5, 5.41) is 7.09. The zero-order valence-electron chi connectivity index (χ0n) is 13.5. The highest BCUT2D eigenvalue weighted by Gasteiger charge is 2.35. The maximum absolute atomic E-state index is 12.8. The number of aromatic nitrogens is 2. The Kier molecular flexibility index (Phi) is 4.45. The van der Waals surface area contributed by atoms with Gasteiger partial charge in [-0.25, -0.2) is 8.42 Å². The molecular weight excluding hydrogens is 300 g/mol. The number of sulfonamides is 1. The van der Waals surface area contributed by atoms with E-state index in [9.17, 15) is 8.42 Å². The molecule has 2 aliphatic rings. The average Bonchev–Trinajstić information content (AvgIpc) is 2.87. The van der Waals surface area contributed by atoms with Crippen molar-refractivity contribution in [1.82, 2.24) is 14.5 Å². The average molecular weight is 326 g/mol. The predicted molar refractivity (Wildman–Crippen MR) is 87.6 cm³/mol. The fourth-order valence-corrected chi connectivity index (χ4v) is 5.77. The third kappa shape index (κ3) is 2.88. The third-order valence-corrected chi connectivity index (χ3v) is 7.38. The Morgan fingerprint density at radius 1 is 1.05 bits per heavy atom. The summed E-state index contributed by atoms with van der Waals surface area (Å²) in [7, 11) is -3.11. The summed E-state index contributed by atoms with van der Waals surface area (Å²) in [5.41, 5.74) is 3.18. The van der Waals surface area contributed by atoms with Crippen molar-refractivity contribution in [2.45, 2.75) is 51.2 Å². The van der Waals surface area contributed by atoms with Gasteiger partial charge in [-0.3, -0.25) is 5.10 Å². The molecule has 2 fully saturated rings. The van der Waals surface area contributed by atoms with Crippen LogP contribution in [0.1, 0.15) is 43.5 Å². The number of anilines is 1. The number of aromatic amines is 1. The molecule has 6 nitrogen and oxygen atoms in total. The number of nitrogens with one attached hydrogen (secondary N) is 1. The fourth-order valence-electron chi connectivity index (χ4n) is 3.75. The normalized spacial score (nSPS) is 22.2. The molecule has 0 amide bonds. The van der Waals surface area contributed by atoms with E-state index in [1.165, 1.54) is 6.42 Å². The SMILES string of the molecule is Cc1n[nH]c(C)c1N1CCN(S(=O)(=O)C2CCCCC2)CC1. The lowest BCUT2D eigenvalue weighted by Gasteiger charge is -2.37. The molecule has 0 atom stereocenters. The van der Waals surface area contributed by atoms with E-state index in [4.69, 9.17) is 0 Å². The van der Waals surface area contributed by atoms with E-state index in [0.29, 0.717) is 13.1 Å². The van der Waals surface area contributed by atoms with Crippen molar-refractivity contribution in [3.8, 4) is 0 Å². The first-order chi connectivity index (χ1) is 10.5. The van der Waals surface area contributed by atoms with Gasteiger partial charge < -0.3 is 4.90 Å². The third-order valence-electron chi connectivity index (χ3n) is 4.98. The second-order valence-electron chi connectivity index (χ2n) is 6.47. The lowest BCUT2D eigenvalue weighted by molar-refractivity contribution is 0.367. The van der Waals surface area contributed by atoms with Gasteiger partial charge in [-0.1, -0.05) is 19.3 Å². The molecule has 1 saturated carbocycles. The van der Waals surface area contributed by atoms with Crippen molar-refractivity contribution in [2.24, 2.45) is 0 Å². The fraction of sp³-hybridized carbons (Fsp3) is 0.800. The Hall–Kier alpha value is -1.08. The number of aryl methyl sites for hydroxylation is 2. The molecule has 0 aromatic carbocycles. The van der Waals surface area contributed by atoms with E-state index in [1.807, 2.05) is 13.8 Å². The molecule has 7 heteroatoms. The minimum atomic E-state index is -3.11. The lowest BCUT2D eigenvalue weighted by atomic mass is 10.0. The quantitative estimate of drug-likeness (QED) is 0.920. The highest BCUT2D eigenvalue weighted by molar-refractivity contribution is 7.89. The summed E-state index contributed by atoms with van der Waals surface area (Å²) >= 11 is 0. The minimum Gasteiger partial charge on any atom is -0.366 e. The zero-order valence-corrected chi connectivity index (χ0v) is 14.3. The second kappa shape index (κ2) is 6.20. The number of piperazine rings is 1. The smallest absolute Gasteiger partial charge is 0.217 e. The first-order valence-corrected chi connectivity index (χ1v) is 9.76. The van der Waals surface area contributed by atoms with Gasteiger partial charge in [-0.05, 0) is 26.7 Å². The molecule has 0 radical (unpaired) electrons. The van der Waals surface area contributed by atoms with Crippen molar-refractivity contribution < 1.29 is 8.42 Å². The monoisotopic (exact) mass is 326 g/mol. The van der Waals surface area contributed by atoms with Crippen molar-refractivity contribution in [2.75, 3.05) is 31.1 Å². The van der Waals surface area contributed by atoms with Gasteiger partial charge in [-0.15, -0.1) is 0 Å². The van der Waals surface area contributed by atoms with Gasteiger partial charge in [0.2, 0.25) is 10.0 Å². The summed E-state index contributed by atoms with van der Waals surface area (Å²) in [4.78, 5) is 2.25. The number of H-pyrrole nitrogens is 1. The highest BCUT2D eigenvalue weighted by atomic mass is 32.2. The number of rotatable bonds is 3. The molecule has 124 valence electrons. The van der Waals surface area contributed by atoms with Crippen LogP contribution in [0.2, 0.25) is 0 Å². The van der Waals surface area contributed by atoms with Crippen molar-refractivity contribution >= 4 is 15.7 Å². The summed E-state index contributed by atoms with van der Waals surface area (Å²) < 4.78 is 27.2. The number of nitrogens with zero attached hydrogens (tertiary/aromatic N) is 3. The maximum atomic E-state index is 12.8. The Bertz CT molecular complexity index is 592. The second-order valence-corrected chi connectivity index (χ2v) is 8.69. The molecule has 0 bridgehead atoms. The van der Waals surface area contributed by atoms with Crippen molar-refractivity contribution in [3.05, 3.63) is 11.4 Å². The van der Waals surface area contributed by atoms with Gasteiger partial charge in [0.1, 0.15) is 0 Å². The van der Waals surface area contributed by atoms with Gasteiger partial charge >= 0.3 is 0 Å². The highest BCUT2D eigenvalue weighted by Crippen LogP contribution is 2.28. The van der Waals surface area contributed by atoms with Crippen LogP contribution < -0.4 is 4.90 Å². The molecule has 1 saturated heterocycles. The van der Waals surface area contributed by atoms with E-state index < -0.39 is 10.0 Å². The van der Waals surface area contributed by atoms with E-state index in [0.717, 1.165) is 55.8 Å². The van der Waals surface area contributed by atoms with Crippen molar-refractivity contribution in [3.63, 3.8) is 0 Å². The van der Waals surface area contributed by atoms with Crippen LogP contribution in [-0.2, 0) is 10.0 Å². The molecule has 0 unspecified atom stereocenters. The van der Waals surface area contributed by atoms with E-state index in [2.05, 4.69) is 15.1 Å². The Balaban J connectivity index is 1.66. The lowest BCUT2D eigenvalue weighted by Crippen LogP contribution is -2.51. The van der Waals surface area contributed by atoms with Crippen LogP contribution >= 0.6 is 0 Å². The van der Waals surface area contributed by atoms with Gasteiger partial charge in [0, 0.05) is 26.2 Å². The van der Waals surface area contributed by atoms with E-state index in [-0.39, 0.29) is 5.25 Å². The standard InChI is InChI=1S/C15H26N4O2S/c1-12-15(13(2)17-16-12)18-8-10-19(11-9-18)22(20,21)14-6-4-3-5-7-14/h14H,3-11H2,1-2H3,(H,16,17). The first-order valence-electron chi connectivity index (χ1n) is 8.25. The summed E-state index contributed by atoms with van der Waals surface area (Å²) in [6.07, 6.45) is 4.96. The molecule has 1 aliphatic carbocycles. The first kappa shape index (κ1) is 15.8. The number of hydrogen-bond acceptors (Lipinski definition) is 4. The van der Waals surface area contributed by atoms with Crippen LogP contribution in [0, 0.1) is 13.8 Å². The molecule has 3 rings (SSSR count). The van der Waals surface area contributed by atoms with Crippen LogP contribution in [0.3, 0.4) is 0 Å². The van der Waals surface area contributed by atoms with Gasteiger partial charge in [0.15, 0.2) is 0 Å².